The van der Waals surface area contributed by atoms with E-state index in [0.717, 1.165) is 0 Å². The van der Waals surface area contributed by atoms with E-state index in [-0.39, 0.29) is 11.4 Å². The largest absolute Gasteiger partial charge is 0.368 e. The molecular formula is C10H21N3O2. The number of primary amides is 1. The maximum Gasteiger partial charge on any atom is 0.237 e. The van der Waals surface area contributed by atoms with Crippen molar-refractivity contribution in [1.29, 1.82) is 0 Å². The van der Waals surface area contributed by atoms with Gasteiger partial charge in [0.05, 0.1) is 12.1 Å². The summed E-state index contributed by atoms with van der Waals surface area (Å²) >= 11 is 0. The molecule has 88 valence electrons. The highest BCUT2D eigenvalue weighted by molar-refractivity contribution is 5.84. The van der Waals surface area contributed by atoms with E-state index in [1.165, 1.54) is 0 Å². The summed E-state index contributed by atoms with van der Waals surface area (Å²) in [7, 11) is 0. The number of amides is 2. The first-order valence-electron chi connectivity index (χ1n) is 5.01. The highest BCUT2D eigenvalue weighted by atomic mass is 16.2. The van der Waals surface area contributed by atoms with Crippen LogP contribution in [0, 0.1) is 0 Å². The summed E-state index contributed by atoms with van der Waals surface area (Å²) in [4.78, 5) is 22.4. The number of carbonyl (C=O) groups excluding carboxylic acids is 2. The van der Waals surface area contributed by atoms with Gasteiger partial charge in [-0.25, -0.2) is 0 Å². The lowest BCUT2D eigenvalue weighted by molar-refractivity contribution is -0.125. The Morgan fingerprint density at radius 1 is 1.13 bits per heavy atom. The van der Waals surface area contributed by atoms with Crippen LogP contribution >= 0.6 is 0 Å². The molecule has 2 atom stereocenters. The zero-order chi connectivity index (χ0) is 12.2. The third-order valence-electron chi connectivity index (χ3n) is 1.82. The minimum absolute atomic E-state index is 0.143. The van der Waals surface area contributed by atoms with Crippen LogP contribution in [-0.4, -0.2) is 29.4 Å². The van der Waals surface area contributed by atoms with E-state index in [9.17, 15) is 9.59 Å². The van der Waals surface area contributed by atoms with Crippen LogP contribution in [-0.2, 0) is 9.59 Å². The molecule has 0 aliphatic rings. The number of rotatable bonds is 4. The van der Waals surface area contributed by atoms with Crippen molar-refractivity contribution in [2.24, 2.45) is 5.73 Å². The Kier molecular flexibility index (Phi) is 4.74. The number of nitrogens with one attached hydrogen (secondary N) is 2. The third-order valence-corrected chi connectivity index (χ3v) is 1.82. The van der Waals surface area contributed by atoms with Gasteiger partial charge in [-0.3, -0.25) is 14.9 Å². The fraction of sp³-hybridized carbons (Fsp3) is 0.800. The molecule has 0 bridgehead atoms. The standard InChI is InChI=1S/C10H21N3O2/c1-6(8(11)14)12-7(2)9(15)13-10(3,4)5/h6-7,12H,1-5H3,(H2,11,14)(H,13,15). The Bertz CT molecular complexity index is 246. The second-order valence-electron chi connectivity index (χ2n) is 4.75. The predicted octanol–water partition coefficient (Wildman–Crippen LogP) is -0.247. The molecule has 0 saturated heterocycles. The zero-order valence-corrected chi connectivity index (χ0v) is 10.0. The van der Waals surface area contributed by atoms with E-state index < -0.39 is 18.0 Å². The SMILES string of the molecule is CC(NC(C)C(=O)NC(C)(C)C)C(N)=O. The highest BCUT2D eigenvalue weighted by Gasteiger charge is 2.21. The number of hydrogen-bond donors (Lipinski definition) is 3. The molecule has 4 N–H and O–H groups in total. The minimum Gasteiger partial charge on any atom is -0.368 e. The van der Waals surface area contributed by atoms with Crippen molar-refractivity contribution in [1.82, 2.24) is 10.6 Å². The monoisotopic (exact) mass is 215 g/mol. The minimum atomic E-state index is -0.509. The molecule has 5 nitrogen and oxygen atoms in total. The van der Waals surface area contributed by atoms with Crippen LogP contribution in [0.1, 0.15) is 34.6 Å². The molecule has 5 heteroatoms. The molecule has 0 saturated carbocycles. The maximum atomic E-state index is 11.6. The molecule has 0 aliphatic carbocycles. The molecule has 0 aromatic rings. The van der Waals surface area contributed by atoms with Crippen molar-refractivity contribution < 1.29 is 9.59 Å². The van der Waals surface area contributed by atoms with Gasteiger partial charge in [0.25, 0.3) is 0 Å². The Morgan fingerprint density at radius 2 is 1.60 bits per heavy atom. The third kappa shape index (κ3) is 6.06. The average Bonchev–Trinajstić information content (AvgIpc) is 2.00. The second kappa shape index (κ2) is 5.11. The zero-order valence-electron chi connectivity index (χ0n) is 10.0. The fourth-order valence-electron chi connectivity index (χ4n) is 1.01. The fourth-order valence-corrected chi connectivity index (χ4v) is 1.01. The lowest BCUT2D eigenvalue weighted by Gasteiger charge is -2.24. The van der Waals surface area contributed by atoms with Gasteiger partial charge in [-0.1, -0.05) is 0 Å². The number of carbonyl (C=O) groups is 2. The number of hydrogen-bond acceptors (Lipinski definition) is 3. The van der Waals surface area contributed by atoms with Crippen LogP contribution < -0.4 is 16.4 Å². The molecule has 0 aromatic heterocycles. The average molecular weight is 215 g/mol. The molecule has 2 amide bonds. The Balaban J connectivity index is 4.17. The smallest absolute Gasteiger partial charge is 0.237 e. The van der Waals surface area contributed by atoms with E-state index in [0.29, 0.717) is 0 Å². The van der Waals surface area contributed by atoms with E-state index in [1.54, 1.807) is 13.8 Å². The molecule has 2 unspecified atom stereocenters. The maximum absolute atomic E-state index is 11.6. The lowest BCUT2D eigenvalue weighted by atomic mass is 10.1. The summed E-state index contributed by atoms with van der Waals surface area (Å²) in [6, 6.07) is -0.947. The van der Waals surface area contributed by atoms with Crippen molar-refractivity contribution in [3.8, 4) is 0 Å². The van der Waals surface area contributed by atoms with Crippen LogP contribution in [0.5, 0.6) is 0 Å². The van der Waals surface area contributed by atoms with Gasteiger partial charge < -0.3 is 11.1 Å². The molecule has 0 aliphatic heterocycles. The Labute approximate surface area is 90.8 Å². The molecule has 0 rings (SSSR count). The van der Waals surface area contributed by atoms with Crippen molar-refractivity contribution in [2.75, 3.05) is 0 Å². The van der Waals surface area contributed by atoms with E-state index in [1.807, 2.05) is 20.8 Å². The molecule has 0 aromatic carbocycles. The first-order chi connectivity index (χ1) is 6.63. The summed E-state index contributed by atoms with van der Waals surface area (Å²) in [6.07, 6.45) is 0. The predicted molar refractivity (Wildman–Crippen MR) is 59.1 cm³/mol. The summed E-state index contributed by atoms with van der Waals surface area (Å²) < 4.78 is 0. The van der Waals surface area contributed by atoms with Gasteiger partial charge in [0.2, 0.25) is 11.8 Å². The summed E-state index contributed by atoms with van der Waals surface area (Å²) in [5.74, 6) is -0.610. The van der Waals surface area contributed by atoms with Gasteiger partial charge in [-0.2, -0.15) is 0 Å². The van der Waals surface area contributed by atoms with Gasteiger partial charge in [0.1, 0.15) is 0 Å². The van der Waals surface area contributed by atoms with E-state index >= 15 is 0 Å². The molecule has 0 radical (unpaired) electrons. The van der Waals surface area contributed by atoms with Gasteiger partial charge in [0, 0.05) is 5.54 Å². The van der Waals surface area contributed by atoms with Gasteiger partial charge in [-0.15, -0.1) is 0 Å². The first-order valence-corrected chi connectivity index (χ1v) is 5.01. The van der Waals surface area contributed by atoms with Gasteiger partial charge in [-0.05, 0) is 34.6 Å². The van der Waals surface area contributed by atoms with Crippen molar-refractivity contribution in [3.63, 3.8) is 0 Å². The van der Waals surface area contributed by atoms with Gasteiger partial charge in [0.15, 0.2) is 0 Å². The summed E-state index contributed by atoms with van der Waals surface area (Å²) in [6.45, 7) is 9.02. The quantitative estimate of drug-likeness (QED) is 0.605. The lowest BCUT2D eigenvalue weighted by Crippen LogP contribution is -2.53. The molecule has 0 fully saturated rings. The number of nitrogens with two attached hydrogens (primary N) is 1. The molecular weight excluding hydrogens is 194 g/mol. The topological polar surface area (TPSA) is 84.2 Å². The Morgan fingerprint density at radius 3 is 1.93 bits per heavy atom. The molecule has 0 spiro atoms. The van der Waals surface area contributed by atoms with Crippen LogP contribution in [0.3, 0.4) is 0 Å². The van der Waals surface area contributed by atoms with Crippen LogP contribution in [0.2, 0.25) is 0 Å². The normalized spacial score (nSPS) is 15.5. The van der Waals surface area contributed by atoms with Crippen LogP contribution in [0.25, 0.3) is 0 Å². The van der Waals surface area contributed by atoms with E-state index in [4.69, 9.17) is 5.73 Å². The summed E-state index contributed by atoms with van der Waals surface area (Å²) in [5.41, 5.74) is 4.80. The van der Waals surface area contributed by atoms with Crippen LogP contribution in [0.4, 0.5) is 0 Å². The molecule has 0 heterocycles. The van der Waals surface area contributed by atoms with Crippen LogP contribution in [0.15, 0.2) is 0 Å². The Hall–Kier alpha value is -1.10. The second-order valence-corrected chi connectivity index (χ2v) is 4.75. The summed E-state index contributed by atoms with van der Waals surface area (Å²) in [5, 5.41) is 5.62. The van der Waals surface area contributed by atoms with Crippen molar-refractivity contribution in [3.05, 3.63) is 0 Å². The highest BCUT2D eigenvalue weighted by Crippen LogP contribution is 1.99. The molecule has 15 heavy (non-hydrogen) atoms. The van der Waals surface area contributed by atoms with Gasteiger partial charge >= 0.3 is 0 Å². The van der Waals surface area contributed by atoms with Crippen molar-refractivity contribution in [2.45, 2.75) is 52.2 Å². The first kappa shape index (κ1) is 13.9. The van der Waals surface area contributed by atoms with E-state index in [2.05, 4.69) is 10.6 Å². The van der Waals surface area contributed by atoms with Crippen molar-refractivity contribution >= 4 is 11.8 Å².